The predicted octanol–water partition coefficient (Wildman–Crippen LogP) is 16.0. The minimum Gasteiger partial charge on any atom is -0.385 e. The van der Waals surface area contributed by atoms with Crippen LogP contribution in [0.4, 0.5) is 34.1 Å². The summed E-state index contributed by atoms with van der Waals surface area (Å²) in [5.74, 6) is 0. The van der Waals surface area contributed by atoms with Gasteiger partial charge < -0.3 is 87.9 Å². The van der Waals surface area contributed by atoms with Crippen LogP contribution in [0.5, 0.6) is 0 Å². The zero-order valence-corrected chi connectivity index (χ0v) is 64.0. The Morgan fingerprint density at radius 1 is 0.200 bits per heavy atom. The van der Waals surface area contributed by atoms with Gasteiger partial charge in [-0.05, 0) is 167 Å². The van der Waals surface area contributed by atoms with Crippen molar-refractivity contribution in [2.24, 2.45) is 0 Å². The molecule has 0 saturated heterocycles. The molecule has 6 N–H and O–H groups in total. The molecule has 25 heteroatoms. The lowest BCUT2D eigenvalue weighted by molar-refractivity contribution is 0.0291. The van der Waals surface area contributed by atoms with E-state index in [4.69, 9.17) is 56.0 Å². The molecule has 0 aliphatic carbocycles. The van der Waals surface area contributed by atoms with E-state index < -0.39 is 52.8 Å². The lowest BCUT2D eigenvalue weighted by Crippen LogP contribution is -2.70. The van der Waals surface area contributed by atoms with Crippen LogP contribution in [-0.4, -0.2) is 145 Å². The molecule has 19 nitrogen and oxygen atoms in total. The Morgan fingerprint density at radius 3 is 0.495 bits per heavy atom. The van der Waals surface area contributed by atoms with E-state index in [-0.39, 0.29) is 26.4 Å². The average molecular weight is 1410 g/mol. The van der Waals surface area contributed by atoms with Gasteiger partial charge in [-0.1, -0.05) is 109 Å². The van der Waals surface area contributed by atoms with Crippen molar-refractivity contribution in [2.45, 2.75) is 130 Å². The van der Waals surface area contributed by atoms with Crippen LogP contribution in [0.1, 0.15) is 93.9 Å². The molecule has 0 spiro atoms. The van der Waals surface area contributed by atoms with Crippen molar-refractivity contribution in [2.75, 3.05) is 124 Å². The predicted molar refractivity (Wildman–Crippen MR) is 399 cm³/mol. The number of hydrogen-bond donors (Lipinski definition) is 6. The van der Waals surface area contributed by atoms with Crippen LogP contribution >= 0.6 is 0 Å². The summed E-state index contributed by atoms with van der Waals surface area (Å²) in [7, 11) is -24.4. The first kappa shape index (κ1) is 78.9. The largest absolute Gasteiger partial charge is 0.493 e. The third kappa shape index (κ3) is 28.7. The minimum atomic E-state index is -4.33. The molecule has 0 saturated carbocycles. The summed E-state index contributed by atoms with van der Waals surface area (Å²) in [4.78, 5) is 0. The zero-order valence-electron chi connectivity index (χ0n) is 58.0. The molecule has 4 atom stereocenters. The maximum Gasteiger partial charge on any atom is 0.493 e. The molecule has 0 heterocycles. The van der Waals surface area contributed by atoms with Gasteiger partial charge in [0.25, 0.3) is 0 Å². The van der Waals surface area contributed by atoms with Gasteiger partial charge in [0, 0.05) is 163 Å². The van der Waals surface area contributed by atoms with Gasteiger partial charge in [0.15, 0.2) is 0 Å². The summed E-state index contributed by atoms with van der Waals surface area (Å²) in [5.41, 5.74) is 6.03. The average Bonchev–Trinajstić information content (AvgIpc) is 0.770. The van der Waals surface area contributed by atoms with E-state index >= 15 is 0 Å². The fourth-order valence-corrected chi connectivity index (χ4v) is 38.2. The van der Waals surface area contributed by atoms with Gasteiger partial charge in [-0.3, -0.25) is 0 Å². The molecule has 4 unspecified atom stereocenters. The maximum absolute atomic E-state index is 8.23. The first-order valence-corrected chi connectivity index (χ1v) is 46.4. The molecular formula is C70H112N6O13Si6. The number of hydrogen-bond acceptors (Lipinski definition) is 19. The van der Waals surface area contributed by atoms with Crippen LogP contribution < -0.4 is 31.9 Å². The SMILES string of the molecule is CCO[Si](CCCNc1ccccc1)(OCC)O[Si](CCCNc1ccccc1)(OCC)O[Si](CCCNc1ccccc1)(OCC)O[Si](CCCNc1ccccc1)(OCC)O[Si](CCCNc1ccccc1)(OCC)O[Si](CCCNc1ccccc1)(OCC)OCC. The van der Waals surface area contributed by atoms with Gasteiger partial charge in [-0.25, -0.2) is 0 Å². The maximum atomic E-state index is 8.23. The first-order chi connectivity index (χ1) is 46.5. The van der Waals surface area contributed by atoms with Crippen LogP contribution in [-0.2, 0) is 56.0 Å². The highest BCUT2D eigenvalue weighted by atomic mass is 28.5. The molecule has 0 aromatic heterocycles. The molecule has 6 aromatic carbocycles. The Hall–Kier alpha value is -5.10. The van der Waals surface area contributed by atoms with Gasteiger partial charge in [0.2, 0.25) is 0 Å². The molecule has 0 bridgehead atoms. The molecule has 524 valence electrons. The van der Waals surface area contributed by atoms with Crippen molar-refractivity contribution in [3.05, 3.63) is 182 Å². The Bertz CT molecular complexity index is 2680. The second-order valence-electron chi connectivity index (χ2n) is 22.5. The van der Waals surface area contributed by atoms with Gasteiger partial charge in [0.05, 0.1) is 0 Å². The Kier molecular flexibility index (Phi) is 37.2. The van der Waals surface area contributed by atoms with E-state index in [1.54, 1.807) is 0 Å². The highest BCUT2D eigenvalue weighted by molar-refractivity contribution is 6.87. The molecule has 0 aliphatic rings. The van der Waals surface area contributed by atoms with Gasteiger partial charge >= 0.3 is 52.8 Å². The fourth-order valence-electron chi connectivity index (χ4n) is 11.1. The third-order valence-electron chi connectivity index (χ3n) is 15.0. The van der Waals surface area contributed by atoms with E-state index in [2.05, 4.69) is 105 Å². The Morgan fingerprint density at radius 2 is 0.337 bits per heavy atom. The van der Waals surface area contributed by atoms with Gasteiger partial charge in [0.1, 0.15) is 0 Å². The summed E-state index contributed by atoms with van der Waals surface area (Å²) >= 11 is 0. The van der Waals surface area contributed by atoms with Crippen molar-refractivity contribution < 1.29 is 56.0 Å². The van der Waals surface area contributed by atoms with Crippen LogP contribution in [0.25, 0.3) is 0 Å². The van der Waals surface area contributed by atoms with Crippen molar-refractivity contribution in [1.29, 1.82) is 0 Å². The summed E-state index contributed by atoms with van der Waals surface area (Å²) in [6, 6.07) is 63.6. The number of rotatable bonds is 56. The van der Waals surface area contributed by atoms with Crippen LogP contribution in [0.3, 0.4) is 0 Å². The van der Waals surface area contributed by atoms with Crippen LogP contribution in [0.2, 0.25) is 36.3 Å². The normalized spacial score (nSPS) is 14.4. The zero-order chi connectivity index (χ0) is 67.5. The molecule has 6 rings (SSSR count). The van der Waals surface area contributed by atoms with Crippen LogP contribution in [0, 0.1) is 0 Å². The number of anilines is 6. The van der Waals surface area contributed by atoms with Gasteiger partial charge in [-0.15, -0.1) is 0 Å². The standard InChI is InChI=1S/C70H112N6O13Si6/c1-9-77-90(78-10-2,59-35-53-71-65-41-23-17-24-42-65)85-92(81-13-5,61-37-55-73-67-45-27-19-28-46-67)87-94(83-15-7,63-39-57-75-69-49-31-21-32-50-69)89-95(84-16-8,64-40-58-76-70-51-33-22-34-52-70)88-93(82-14-6,62-38-56-74-68-47-29-20-30-48-68)86-91(79-11-3,80-12-4)60-36-54-72-66-43-25-18-26-44-66/h17-34,41-52,71-76H,9-16,35-40,53-64H2,1-8H3. The smallest absolute Gasteiger partial charge is 0.385 e. The number of nitrogens with one attached hydrogen (secondary N) is 6. The molecule has 0 amide bonds. The summed E-state index contributed by atoms with van der Waals surface area (Å²) in [6.45, 7) is 21.8. The molecule has 0 aliphatic heterocycles. The summed E-state index contributed by atoms with van der Waals surface area (Å²) in [6.07, 6.45) is 3.65. The molecule has 0 radical (unpaired) electrons. The minimum absolute atomic E-state index is 0.221. The van der Waals surface area contributed by atoms with E-state index in [9.17, 15) is 0 Å². The Balaban J connectivity index is 1.55. The number of benzene rings is 6. The highest BCUT2D eigenvalue weighted by Crippen LogP contribution is 2.40. The molecule has 95 heavy (non-hydrogen) atoms. The highest BCUT2D eigenvalue weighted by Gasteiger charge is 2.65. The first-order valence-electron chi connectivity index (χ1n) is 34.8. The van der Waals surface area contributed by atoms with Crippen molar-refractivity contribution in [3.8, 4) is 0 Å². The van der Waals surface area contributed by atoms with Crippen molar-refractivity contribution >= 4 is 87.0 Å². The molecular weight excluding hydrogens is 1300 g/mol. The topological polar surface area (TPSA) is 192 Å². The molecule has 6 aromatic rings. The summed E-state index contributed by atoms with van der Waals surface area (Å²) in [5, 5.41) is 21.8. The van der Waals surface area contributed by atoms with Crippen molar-refractivity contribution in [3.63, 3.8) is 0 Å². The van der Waals surface area contributed by atoms with E-state index in [0.717, 1.165) is 34.1 Å². The monoisotopic (exact) mass is 1410 g/mol. The molecule has 0 fully saturated rings. The van der Waals surface area contributed by atoms with E-state index in [0.29, 0.717) is 140 Å². The van der Waals surface area contributed by atoms with Crippen molar-refractivity contribution in [1.82, 2.24) is 0 Å². The lowest BCUT2D eigenvalue weighted by atomic mass is 10.3. The van der Waals surface area contributed by atoms with Gasteiger partial charge in [-0.2, -0.15) is 0 Å². The Labute approximate surface area is 575 Å². The second kappa shape index (κ2) is 44.7. The number of para-hydroxylation sites is 6. The third-order valence-corrected chi connectivity index (χ3v) is 39.1. The quantitative estimate of drug-likeness (QED) is 0.0156. The van der Waals surface area contributed by atoms with E-state index in [1.165, 1.54) is 0 Å². The lowest BCUT2D eigenvalue weighted by Gasteiger charge is -2.47. The van der Waals surface area contributed by atoms with E-state index in [1.807, 2.05) is 165 Å². The fraction of sp³-hybridized carbons (Fsp3) is 0.486. The summed E-state index contributed by atoms with van der Waals surface area (Å²) < 4.78 is 97.2. The second-order valence-corrected chi connectivity index (χ2v) is 40.0. The van der Waals surface area contributed by atoms with Crippen LogP contribution in [0.15, 0.2) is 182 Å².